The van der Waals surface area contributed by atoms with Gasteiger partial charge in [0, 0.05) is 45.2 Å². The minimum Gasteiger partial charge on any atom is -0.493 e. The first-order valence-electron chi connectivity index (χ1n) is 9.53. The molecule has 1 aliphatic heterocycles. The largest absolute Gasteiger partial charge is 0.493 e. The van der Waals surface area contributed by atoms with E-state index in [0.29, 0.717) is 37.7 Å². The summed E-state index contributed by atoms with van der Waals surface area (Å²) in [6.45, 7) is 6.06. The highest BCUT2D eigenvalue weighted by Gasteiger charge is 2.20. The number of methoxy groups -OCH3 is 1. The zero-order valence-corrected chi connectivity index (χ0v) is 17.0. The average Bonchev–Trinajstić information content (AvgIpc) is 2.70. The fraction of sp³-hybridized carbons (Fsp3) is 0.476. The predicted molar refractivity (Wildman–Crippen MR) is 106 cm³/mol. The molecule has 0 spiro atoms. The van der Waals surface area contributed by atoms with Crippen LogP contribution in [0.4, 0.5) is 13.2 Å². The van der Waals surface area contributed by atoms with Crippen LogP contribution in [0.2, 0.25) is 0 Å². The summed E-state index contributed by atoms with van der Waals surface area (Å²) in [5, 5.41) is 0. The topological polar surface area (TPSA) is 42.0 Å². The van der Waals surface area contributed by atoms with Gasteiger partial charge in [0.05, 0.1) is 13.2 Å². The van der Waals surface area contributed by atoms with Crippen LogP contribution in [0.1, 0.15) is 25.8 Å². The molecule has 1 fully saturated rings. The molecule has 1 aromatic carbocycles. The van der Waals surface area contributed by atoms with Crippen molar-refractivity contribution in [1.29, 1.82) is 0 Å². The molecule has 0 aliphatic carbocycles. The normalized spacial score (nSPS) is 15.1. The lowest BCUT2D eigenvalue weighted by atomic mass is 10.1. The molecule has 29 heavy (non-hydrogen) atoms. The second-order valence-corrected chi connectivity index (χ2v) is 6.99. The molecule has 2 rings (SSSR count). The van der Waals surface area contributed by atoms with Crippen LogP contribution in [0.15, 0.2) is 36.2 Å². The Morgan fingerprint density at radius 3 is 2.41 bits per heavy atom. The third-order valence-electron chi connectivity index (χ3n) is 4.51. The lowest BCUT2D eigenvalue weighted by Gasteiger charge is -2.34. The van der Waals surface area contributed by atoms with E-state index < -0.39 is 11.9 Å². The summed E-state index contributed by atoms with van der Waals surface area (Å²) in [7, 11) is 1.56. The van der Waals surface area contributed by atoms with Gasteiger partial charge in [-0.15, -0.1) is 0 Å². The van der Waals surface area contributed by atoms with Gasteiger partial charge in [-0.2, -0.15) is 8.78 Å². The van der Waals surface area contributed by atoms with Crippen LogP contribution < -0.4 is 9.47 Å². The Labute approximate surface area is 169 Å². The number of halogens is 3. The van der Waals surface area contributed by atoms with Crippen LogP contribution in [0.5, 0.6) is 11.5 Å². The Morgan fingerprint density at radius 2 is 1.83 bits per heavy atom. The molecular formula is C21H27F3N2O3. The first-order chi connectivity index (χ1) is 13.8. The van der Waals surface area contributed by atoms with Crippen LogP contribution in [-0.2, 0) is 4.79 Å². The minimum absolute atomic E-state index is 0.0223. The van der Waals surface area contributed by atoms with Gasteiger partial charge in [0.25, 0.3) is 0 Å². The van der Waals surface area contributed by atoms with E-state index in [1.165, 1.54) is 6.08 Å². The SMILES string of the molecule is COc1cc(/C=C/C(=O)N2CCN(CCC(F)=C(F)F)CC2)ccc1OC(C)C. The highest BCUT2D eigenvalue weighted by atomic mass is 19.3. The summed E-state index contributed by atoms with van der Waals surface area (Å²) in [6, 6.07) is 5.44. The lowest BCUT2D eigenvalue weighted by molar-refractivity contribution is -0.127. The maximum Gasteiger partial charge on any atom is 0.301 e. The van der Waals surface area contributed by atoms with Crippen molar-refractivity contribution in [2.75, 3.05) is 39.8 Å². The van der Waals surface area contributed by atoms with E-state index in [4.69, 9.17) is 9.47 Å². The van der Waals surface area contributed by atoms with Crippen LogP contribution >= 0.6 is 0 Å². The minimum atomic E-state index is -2.26. The Hall–Kier alpha value is -2.48. The van der Waals surface area contributed by atoms with Gasteiger partial charge in [-0.05, 0) is 37.6 Å². The number of hydrogen-bond donors (Lipinski definition) is 0. The van der Waals surface area contributed by atoms with E-state index in [1.54, 1.807) is 30.2 Å². The second-order valence-electron chi connectivity index (χ2n) is 6.99. The predicted octanol–water partition coefficient (Wildman–Crippen LogP) is 4.11. The molecule has 5 nitrogen and oxygen atoms in total. The van der Waals surface area contributed by atoms with E-state index in [2.05, 4.69) is 0 Å². The number of benzene rings is 1. The van der Waals surface area contributed by atoms with Gasteiger partial charge in [-0.3, -0.25) is 9.69 Å². The number of carbonyl (C=O) groups is 1. The van der Waals surface area contributed by atoms with Crippen molar-refractivity contribution in [3.8, 4) is 11.5 Å². The van der Waals surface area contributed by atoms with Crippen molar-refractivity contribution >= 4 is 12.0 Å². The molecule has 0 bridgehead atoms. The molecule has 0 unspecified atom stereocenters. The van der Waals surface area contributed by atoms with Gasteiger partial charge in [0.2, 0.25) is 5.91 Å². The maximum atomic E-state index is 12.9. The number of piperazine rings is 1. The summed E-state index contributed by atoms with van der Waals surface area (Å²) in [5.41, 5.74) is 0.806. The summed E-state index contributed by atoms with van der Waals surface area (Å²) < 4.78 is 48.1. The highest BCUT2D eigenvalue weighted by molar-refractivity contribution is 5.92. The summed E-state index contributed by atoms with van der Waals surface area (Å²) in [5.74, 6) is -0.271. The maximum absolute atomic E-state index is 12.9. The van der Waals surface area contributed by atoms with E-state index in [1.807, 2.05) is 24.8 Å². The number of ether oxygens (including phenoxy) is 2. The standard InChI is InChI=1S/C21H27F3N2O3/c1-15(2)29-18-6-4-16(14-19(18)28-3)5-7-20(27)26-12-10-25(11-13-26)9-8-17(22)21(23)24/h4-7,14-15H,8-13H2,1-3H3/b7-5+. The van der Waals surface area contributed by atoms with E-state index in [0.717, 1.165) is 5.56 Å². The number of carbonyl (C=O) groups excluding carboxylic acids is 1. The fourth-order valence-electron chi connectivity index (χ4n) is 2.95. The van der Waals surface area contributed by atoms with Gasteiger partial charge in [0.1, 0.15) is 0 Å². The number of rotatable bonds is 8. The first-order valence-corrected chi connectivity index (χ1v) is 9.53. The summed E-state index contributed by atoms with van der Waals surface area (Å²) in [6.07, 6.45) is 0.655. The molecule has 160 valence electrons. The Morgan fingerprint density at radius 1 is 1.14 bits per heavy atom. The number of hydrogen-bond acceptors (Lipinski definition) is 4. The molecule has 1 aliphatic rings. The third kappa shape index (κ3) is 7.12. The molecule has 0 aromatic heterocycles. The number of amides is 1. The van der Waals surface area contributed by atoms with E-state index >= 15 is 0 Å². The molecule has 1 saturated heterocycles. The average molecular weight is 412 g/mol. The summed E-state index contributed by atoms with van der Waals surface area (Å²) in [4.78, 5) is 16.0. The molecule has 1 amide bonds. The van der Waals surface area contributed by atoms with Crippen LogP contribution in [0.3, 0.4) is 0 Å². The molecule has 1 heterocycles. The molecular weight excluding hydrogens is 385 g/mol. The van der Waals surface area contributed by atoms with Gasteiger partial charge in [-0.25, -0.2) is 4.39 Å². The molecule has 0 atom stereocenters. The smallest absolute Gasteiger partial charge is 0.301 e. The Kier molecular flexibility index (Phi) is 8.57. The van der Waals surface area contributed by atoms with Crippen molar-refractivity contribution in [2.24, 2.45) is 0 Å². The van der Waals surface area contributed by atoms with Crippen LogP contribution in [0.25, 0.3) is 6.08 Å². The van der Waals surface area contributed by atoms with Gasteiger partial charge >= 0.3 is 6.08 Å². The zero-order chi connectivity index (χ0) is 21.4. The van der Waals surface area contributed by atoms with Crippen molar-refractivity contribution in [2.45, 2.75) is 26.4 Å². The van der Waals surface area contributed by atoms with Crippen molar-refractivity contribution in [3.05, 3.63) is 41.7 Å². The molecule has 1 aromatic rings. The van der Waals surface area contributed by atoms with Gasteiger partial charge in [0.15, 0.2) is 17.3 Å². The van der Waals surface area contributed by atoms with E-state index in [-0.39, 0.29) is 25.0 Å². The first kappa shape index (κ1) is 22.8. The molecule has 0 radical (unpaired) electrons. The molecule has 8 heteroatoms. The Bertz CT molecular complexity index is 754. The fourth-order valence-corrected chi connectivity index (χ4v) is 2.95. The molecule has 0 saturated carbocycles. The van der Waals surface area contributed by atoms with Gasteiger partial charge < -0.3 is 14.4 Å². The second kappa shape index (κ2) is 10.9. The number of nitrogens with zero attached hydrogens (tertiary/aromatic N) is 2. The quantitative estimate of drug-likeness (QED) is 0.603. The Balaban J connectivity index is 1.88. The van der Waals surface area contributed by atoms with Crippen LogP contribution in [-0.4, -0.2) is 61.6 Å². The van der Waals surface area contributed by atoms with Crippen molar-refractivity contribution in [1.82, 2.24) is 9.80 Å². The third-order valence-corrected chi connectivity index (χ3v) is 4.51. The zero-order valence-electron chi connectivity index (χ0n) is 17.0. The highest BCUT2D eigenvalue weighted by Crippen LogP contribution is 2.29. The van der Waals surface area contributed by atoms with Crippen molar-refractivity contribution < 1.29 is 27.4 Å². The lowest BCUT2D eigenvalue weighted by Crippen LogP contribution is -2.48. The molecule has 0 N–H and O–H groups in total. The van der Waals surface area contributed by atoms with Crippen LogP contribution in [0, 0.1) is 0 Å². The van der Waals surface area contributed by atoms with E-state index in [9.17, 15) is 18.0 Å². The monoisotopic (exact) mass is 412 g/mol. The van der Waals surface area contributed by atoms with Gasteiger partial charge in [-0.1, -0.05) is 6.07 Å². The van der Waals surface area contributed by atoms with Crippen molar-refractivity contribution in [3.63, 3.8) is 0 Å². The summed E-state index contributed by atoms with van der Waals surface area (Å²) >= 11 is 0.